The summed E-state index contributed by atoms with van der Waals surface area (Å²) < 4.78 is 6.12. The summed E-state index contributed by atoms with van der Waals surface area (Å²) in [6.45, 7) is 8.11. The van der Waals surface area contributed by atoms with Crippen LogP contribution in [0.25, 0.3) is 6.08 Å². The monoisotopic (exact) mass is 418 g/mol. The first-order valence-corrected chi connectivity index (χ1v) is 11.6. The Morgan fingerprint density at radius 2 is 1.84 bits per heavy atom. The number of fused-ring (bicyclic) bond motifs is 3. The van der Waals surface area contributed by atoms with Crippen molar-refractivity contribution in [2.24, 2.45) is 0 Å². The predicted octanol–water partition coefficient (Wildman–Crippen LogP) is 5.67. The Labute approximate surface area is 186 Å². The number of carbonyl (C=O) groups excluding carboxylic acids is 1. The van der Waals surface area contributed by atoms with Crippen molar-refractivity contribution in [3.05, 3.63) is 65.7 Å². The summed E-state index contributed by atoms with van der Waals surface area (Å²) in [6, 6.07) is 16.7. The molecule has 164 valence electrons. The second kappa shape index (κ2) is 8.78. The molecule has 2 aliphatic heterocycles. The molecule has 0 spiro atoms. The summed E-state index contributed by atoms with van der Waals surface area (Å²) in [5, 5.41) is 3.34. The third-order valence-electron chi connectivity index (χ3n) is 6.82. The first kappa shape index (κ1) is 21.5. The summed E-state index contributed by atoms with van der Waals surface area (Å²) in [7, 11) is 0. The second-order valence-corrected chi connectivity index (χ2v) is 9.14. The fourth-order valence-electron chi connectivity index (χ4n) is 4.99. The van der Waals surface area contributed by atoms with Crippen LogP contribution < -0.4 is 15.0 Å². The van der Waals surface area contributed by atoms with Crippen molar-refractivity contribution < 1.29 is 9.53 Å². The van der Waals surface area contributed by atoms with Gasteiger partial charge in [0.2, 0.25) is 5.91 Å². The third-order valence-corrected chi connectivity index (χ3v) is 6.82. The van der Waals surface area contributed by atoms with Crippen molar-refractivity contribution in [1.29, 1.82) is 0 Å². The van der Waals surface area contributed by atoms with E-state index in [0.717, 1.165) is 24.3 Å². The maximum Gasteiger partial charge on any atom is 0.223 e. The number of anilines is 1. The van der Waals surface area contributed by atoms with E-state index in [1.165, 1.54) is 30.5 Å². The zero-order chi connectivity index (χ0) is 21.9. The van der Waals surface area contributed by atoms with Crippen molar-refractivity contribution in [1.82, 2.24) is 5.32 Å². The number of nitrogens with zero attached hydrogens (tertiary/aromatic N) is 1. The highest BCUT2D eigenvalue weighted by Gasteiger charge is 2.57. The molecule has 2 heterocycles. The third kappa shape index (κ3) is 3.84. The molecule has 0 aliphatic carbocycles. The van der Waals surface area contributed by atoms with Crippen molar-refractivity contribution in [3.63, 3.8) is 0 Å². The first-order valence-electron chi connectivity index (χ1n) is 11.6. The molecule has 1 saturated heterocycles. The van der Waals surface area contributed by atoms with E-state index in [1.54, 1.807) is 0 Å². The van der Waals surface area contributed by atoms with Crippen LogP contribution in [0.1, 0.15) is 64.0 Å². The summed E-state index contributed by atoms with van der Waals surface area (Å²) in [6.07, 6.45) is 9.54. The van der Waals surface area contributed by atoms with Gasteiger partial charge in [0.25, 0.3) is 0 Å². The zero-order valence-electron chi connectivity index (χ0n) is 19.0. The van der Waals surface area contributed by atoms with E-state index in [1.807, 2.05) is 18.2 Å². The number of carbonyl (C=O) groups is 1. The Balaban J connectivity index is 1.64. The molecule has 2 aromatic rings. The highest BCUT2D eigenvalue weighted by Crippen LogP contribution is 2.52. The van der Waals surface area contributed by atoms with E-state index in [2.05, 4.69) is 73.5 Å². The number of nitrogens with one attached hydrogen (secondary N) is 1. The van der Waals surface area contributed by atoms with Gasteiger partial charge in [0.05, 0.1) is 6.61 Å². The van der Waals surface area contributed by atoms with Gasteiger partial charge in [0, 0.05) is 29.6 Å². The number of amides is 1. The molecule has 2 aliphatic rings. The molecule has 1 N–H and O–H groups in total. The van der Waals surface area contributed by atoms with Crippen LogP contribution in [0.3, 0.4) is 0 Å². The van der Waals surface area contributed by atoms with Gasteiger partial charge in [-0.05, 0) is 30.2 Å². The Kier molecular flexibility index (Phi) is 6.08. The minimum absolute atomic E-state index is 0.0993. The van der Waals surface area contributed by atoms with Gasteiger partial charge in [-0.3, -0.25) is 4.79 Å². The lowest BCUT2D eigenvalue weighted by Gasteiger charge is -2.49. The highest BCUT2D eigenvalue weighted by atomic mass is 16.5. The lowest BCUT2D eigenvalue weighted by molar-refractivity contribution is -0.124. The lowest BCUT2D eigenvalue weighted by Crippen LogP contribution is -2.68. The second-order valence-electron chi connectivity index (χ2n) is 9.14. The standard InChI is InChI=1S/C27H34N2O2/c1-4-5-6-11-20-31-24-15-10-7-12-21(24)16-18-27-26(2,3)22-13-8-9-14-23(22)29(27)19-17-25(30)28-27/h7-10,12-16,18H,4-6,11,17,19-20H2,1-3H3,(H,28,30)/b18-16+/t27-/m0/s1. The van der Waals surface area contributed by atoms with E-state index in [4.69, 9.17) is 4.74 Å². The van der Waals surface area contributed by atoms with Crippen LogP contribution in [0.4, 0.5) is 5.69 Å². The van der Waals surface area contributed by atoms with Crippen molar-refractivity contribution in [2.45, 2.75) is 64.0 Å². The largest absolute Gasteiger partial charge is 0.493 e. The average molecular weight is 419 g/mol. The molecular formula is C27H34N2O2. The normalized spacial score (nSPS) is 21.6. The number of benzene rings is 2. The number of hydrogen-bond acceptors (Lipinski definition) is 3. The van der Waals surface area contributed by atoms with Crippen LogP contribution in [0.5, 0.6) is 5.75 Å². The fraction of sp³-hybridized carbons (Fsp3) is 0.444. The summed E-state index contributed by atoms with van der Waals surface area (Å²) in [4.78, 5) is 14.9. The number of ether oxygens (including phenoxy) is 1. The van der Waals surface area contributed by atoms with Crippen LogP contribution in [0.2, 0.25) is 0 Å². The van der Waals surface area contributed by atoms with Crippen LogP contribution in [-0.2, 0) is 10.2 Å². The molecule has 4 rings (SSSR count). The lowest BCUT2D eigenvalue weighted by atomic mass is 9.74. The van der Waals surface area contributed by atoms with Gasteiger partial charge in [-0.1, -0.05) is 82.5 Å². The smallest absolute Gasteiger partial charge is 0.223 e. The molecule has 0 saturated carbocycles. The SMILES string of the molecule is CCCCCCOc1ccccc1/C=C/[C@]12NC(=O)CCN1c1ccccc1C2(C)C. The van der Waals surface area contributed by atoms with Crippen LogP contribution in [0.15, 0.2) is 54.6 Å². The quantitative estimate of drug-likeness (QED) is 0.561. The number of unbranched alkanes of at least 4 members (excludes halogenated alkanes) is 3. The maximum atomic E-state index is 12.6. The Morgan fingerprint density at radius 1 is 1.06 bits per heavy atom. The van der Waals surface area contributed by atoms with Gasteiger partial charge >= 0.3 is 0 Å². The topological polar surface area (TPSA) is 41.6 Å². The van der Waals surface area contributed by atoms with E-state index in [0.29, 0.717) is 13.0 Å². The predicted molar refractivity (Wildman–Crippen MR) is 127 cm³/mol. The Bertz CT molecular complexity index is 965. The maximum absolute atomic E-state index is 12.6. The van der Waals surface area contributed by atoms with Gasteiger partial charge < -0.3 is 15.0 Å². The molecule has 2 aromatic carbocycles. The van der Waals surface area contributed by atoms with Crippen molar-refractivity contribution in [3.8, 4) is 5.75 Å². The number of rotatable bonds is 8. The zero-order valence-corrected chi connectivity index (χ0v) is 19.0. The molecule has 0 aromatic heterocycles. The molecule has 31 heavy (non-hydrogen) atoms. The van der Waals surface area contributed by atoms with Crippen molar-refractivity contribution >= 4 is 17.7 Å². The summed E-state index contributed by atoms with van der Waals surface area (Å²) in [5.74, 6) is 0.996. The van der Waals surface area contributed by atoms with E-state index >= 15 is 0 Å². The highest BCUT2D eigenvalue weighted by molar-refractivity contribution is 5.84. The summed E-state index contributed by atoms with van der Waals surface area (Å²) >= 11 is 0. The molecule has 1 fully saturated rings. The van der Waals surface area contributed by atoms with Gasteiger partial charge in [-0.25, -0.2) is 0 Å². The van der Waals surface area contributed by atoms with E-state index in [-0.39, 0.29) is 11.3 Å². The number of hydrogen-bond donors (Lipinski definition) is 1. The molecule has 4 nitrogen and oxygen atoms in total. The number of para-hydroxylation sites is 2. The van der Waals surface area contributed by atoms with Gasteiger partial charge in [-0.2, -0.15) is 0 Å². The first-order chi connectivity index (χ1) is 15.0. The molecule has 1 atom stereocenters. The van der Waals surface area contributed by atoms with Gasteiger partial charge in [-0.15, -0.1) is 0 Å². The van der Waals surface area contributed by atoms with Crippen LogP contribution in [-0.4, -0.2) is 24.7 Å². The Hall–Kier alpha value is -2.75. The van der Waals surface area contributed by atoms with E-state index < -0.39 is 5.66 Å². The fourth-order valence-corrected chi connectivity index (χ4v) is 4.99. The molecule has 0 radical (unpaired) electrons. The van der Waals surface area contributed by atoms with Gasteiger partial charge in [0.15, 0.2) is 0 Å². The van der Waals surface area contributed by atoms with Crippen LogP contribution in [0, 0.1) is 0 Å². The van der Waals surface area contributed by atoms with Crippen molar-refractivity contribution in [2.75, 3.05) is 18.1 Å². The molecular weight excluding hydrogens is 384 g/mol. The van der Waals surface area contributed by atoms with E-state index in [9.17, 15) is 4.79 Å². The average Bonchev–Trinajstić information content (AvgIpc) is 2.97. The minimum Gasteiger partial charge on any atom is -0.493 e. The summed E-state index contributed by atoms with van der Waals surface area (Å²) in [5.41, 5.74) is 2.64. The Morgan fingerprint density at radius 3 is 2.68 bits per heavy atom. The molecule has 1 amide bonds. The van der Waals surface area contributed by atoms with Crippen LogP contribution >= 0.6 is 0 Å². The molecule has 4 heteroatoms. The minimum atomic E-state index is -0.597. The molecule has 0 bridgehead atoms. The van der Waals surface area contributed by atoms with Gasteiger partial charge in [0.1, 0.15) is 11.4 Å². The molecule has 0 unspecified atom stereocenters.